The molecular formula is C20H18F2N2O2S. The van der Waals surface area contributed by atoms with Gasteiger partial charge < -0.3 is 9.80 Å². The summed E-state index contributed by atoms with van der Waals surface area (Å²) in [6, 6.07) is 10.2. The van der Waals surface area contributed by atoms with E-state index in [1.807, 2.05) is 0 Å². The number of benzene rings is 2. The maximum Gasteiger partial charge on any atom is 0.268 e. The van der Waals surface area contributed by atoms with Crippen molar-refractivity contribution in [2.24, 2.45) is 0 Å². The smallest absolute Gasteiger partial charge is 0.268 e. The molecule has 1 atom stereocenters. The first-order valence-electron chi connectivity index (χ1n) is 8.78. The molecule has 0 bridgehead atoms. The highest BCUT2D eigenvalue weighted by molar-refractivity contribution is 8.01. The highest BCUT2D eigenvalue weighted by atomic mass is 32.2. The van der Waals surface area contributed by atoms with Crippen LogP contribution >= 0.6 is 11.8 Å². The quantitative estimate of drug-likeness (QED) is 0.806. The van der Waals surface area contributed by atoms with Crippen LogP contribution in [0.1, 0.15) is 24.5 Å². The van der Waals surface area contributed by atoms with Crippen LogP contribution < -0.4 is 4.90 Å². The van der Waals surface area contributed by atoms with Crippen LogP contribution in [-0.4, -0.2) is 29.0 Å². The molecule has 4 rings (SSSR count). The van der Waals surface area contributed by atoms with Gasteiger partial charge in [0.2, 0.25) is 5.91 Å². The molecule has 2 heterocycles. The lowest BCUT2D eigenvalue weighted by atomic mass is 10.1. The Labute approximate surface area is 160 Å². The Hall–Kier alpha value is -2.41. The third-order valence-electron chi connectivity index (χ3n) is 4.99. The van der Waals surface area contributed by atoms with Gasteiger partial charge in [-0.25, -0.2) is 8.78 Å². The van der Waals surface area contributed by atoms with Crippen molar-refractivity contribution < 1.29 is 18.4 Å². The highest BCUT2D eigenvalue weighted by Crippen LogP contribution is 2.54. The number of anilines is 1. The van der Waals surface area contributed by atoms with Gasteiger partial charge in [0.1, 0.15) is 11.6 Å². The van der Waals surface area contributed by atoms with Gasteiger partial charge in [-0.15, -0.1) is 11.8 Å². The fourth-order valence-corrected chi connectivity index (χ4v) is 5.28. The van der Waals surface area contributed by atoms with E-state index in [1.54, 1.807) is 30.0 Å². The minimum Gasteiger partial charge on any atom is -0.315 e. The normalized spacial score (nSPS) is 21.2. The van der Waals surface area contributed by atoms with E-state index in [2.05, 4.69) is 0 Å². The van der Waals surface area contributed by atoms with Crippen LogP contribution in [0.3, 0.4) is 0 Å². The van der Waals surface area contributed by atoms with Crippen LogP contribution in [0.2, 0.25) is 0 Å². The predicted octanol–water partition coefficient (Wildman–Crippen LogP) is 3.65. The minimum absolute atomic E-state index is 0.142. The lowest BCUT2D eigenvalue weighted by molar-refractivity contribution is -0.139. The summed E-state index contributed by atoms with van der Waals surface area (Å²) in [5.74, 6) is -0.662. The SMILES string of the molecule is CCC(=O)N1CCSC12C(=O)N(Cc1cccc(F)c1)c1ccc(F)cc12. The molecule has 0 aromatic heterocycles. The summed E-state index contributed by atoms with van der Waals surface area (Å²) in [4.78, 5) is 27.9. The van der Waals surface area contributed by atoms with Crippen LogP contribution in [0.25, 0.3) is 0 Å². The molecule has 140 valence electrons. The number of amides is 2. The number of rotatable bonds is 3. The number of halogens is 2. The van der Waals surface area contributed by atoms with Crippen molar-refractivity contribution >= 4 is 29.3 Å². The monoisotopic (exact) mass is 388 g/mol. The molecule has 1 unspecified atom stereocenters. The molecular weight excluding hydrogens is 370 g/mol. The van der Waals surface area contributed by atoms with Crippen molar-refractivity contribution in [2.45, 2.75) is 24.8 Å². The molecule has 2 aliphatic heterocycles. The summed E-state index contributed by atoms with van der Waals surface area (Å²) in [5.41, 5.74) is 1.69. The Balaban J connectivity index is 1.82. The number of thioether (sulfide) groups is 1. The van der Waals surface area contributed by atoms with Crippen LogP contribution in [-0.2, 0) is 21.0 Å². The van der Waals surface area contributed by atoms with Crippen LogP contribution in [0.5, 0.6) is 0 Å². The van der Waals surface area contributed by atoms with E-state index in [0.29, 0.717) is 29.1 Å². The fourth-order valence-electron chi connectivity index (χ4n) is 3.81. The van der Waals surface area contributed by atoms with E-state index in [9.17, 15) is 18.4 Å². The van der Waals surface area contributed by atoms with E-state index in [0.717, 1.165) is 0 Å². The number of carbonyl (C=O) groups is 2. The van der Waals surface area contributed by atoms with Gasteiger partial charge in [-0.2, -0.15) is 0 Å². The van der Waals surface area contributed by atoms with Crippen LogP contribution in [0, 0.1) is 11.6 Å². The fraction of sp³-hybridized carbons (Fsp3) is 0.300. The molecule has 2 amide bonds. The molecule has 0 saturated carbocycles. The number of nitrogens with zero attached hydrogens (tertiary/aromatic N) is 2. The van der Waals surface area contributed by atoms with Gasteiger partial charge in [-0.05, 0) is 35.9 Å². The molecule has 4 nitrogen and oxygen atoms in total. The van der Waals surface area contributed by atoms with Gasteiger partial charge in [0.25, 0.3) is 5.91 Å². The second kappa shape index (κ2) is 6.64. The topological polar surface area (TPSA) is 40.6 Å². The first-order chi connectivity index (χ1) is 13.0. The summed E-state index contributed by atoms with van der Waals surface area (Å²) in [6.45, 7) is 2.34. The second-order valence-electron chi connectivity index (χ2n) is 6.57. The summed E-state index contributed by atoms with van der Waals surface area (Å²) in [7, 11) is 0. The third-order valence-corrected chi connectivity index (χ3v) is 6.41. The Morgan fingerprint density at radius 2 is 1.96 bits per heavy atom. The first-order valence-corrected chi connectivity index (χ1v) is 9.77. The molecule has 1 saturated heterocycles. The van der Waals surface area contributed by atoms with Crippen molar-refractivity contribution in [3.05, 3.63) is 65.2 Å². The van der Waals surface area contributed by atoms with Crippen LogP contribution in [0.15, 0.2) is 42.5 Å². The molecule has 2 aromatic rings. The third kappa shape index (κ3) is 2.72. The Morgan fingerprint density at radius 1 is 1.19 bits per heavy atom. The molecule has 0 aliphatic carbocycles. The molecule has 0 radical (unpaired) electrons. The maximum absolute atomic E-state index is 14.1. The van der Waals surface area contributed by atoms with Crippen molar-refractivity contribution in [1.82, 2.24) is 4.90 Å². The second-order valence-corrected chi connectivity index (χ2v) is 7.86. The lowest BCUT2D eigenvalue weighted by Crippen LogP contribution is -2.50. The minimum atomic E-state index is -1.24. The lowest BCUT2D eigenvalue weighted by Gasteiger charge is -2.33. The zero-order valence-corrected chi connectivity index (χ0v) is 15.6. The number of fused-ring (bicyclic) bond motifs is 2. The summed E-state index contributed by atoms with van der Waals surface area (Å²) < 4.78 is 27.6. The number of carbonyl (C=O) groups excluding carboxylic acids is 2. The molecule has 2 aromatic carbocycles. The van der Waals surface area contributed by atoms with Gasteiger partial charge in [0.15, 0.2) is 4.87 Å². The molecule has 2 aliphatic rings. The van der Waals surface area contributed by atoms with E-state index in [-0.39, 0.29) is 30.6 Å². The average molecular weight is 388 g/mol. The van der Waals surface area contributed by atoms with Crippen LogP contribution in [0.4, 0.5) is 14.5 Å². The van der Waals surface area contributed by atoms with Gasteiger partial charge in [-0.1, -0.05) is 19.1 Å². The molecule has 27 heavy (non-hydrogen) atoms. The van der Waals surface area contributed by atoms with Crippen molar-refractivity contribution in [3.8, 4) is 0 Å². The summed E-state index contributed by atoms with van der Waals surface area (Å²) in [6.07, 6.45) is 0.268. The largest absolute Gasteiger partial charge is 0.315 e. The average Bonchev–Trinajstić information content (AvgIpc) is 3.19. The maximum atomic E-state index is 14.1. The van der Waals surface area contributed by atoms with Crippen molar-refractivity contribution in [1.29, 1.82) is 0 Å². The standard InChI is InChI=1S/C20H18F2N2O2S/c1-2-18(25)24-8-9-27-20(24)16-11-15(22)6-7-17(16)23(19(20)26)12-13-4-3-5-14(21)10-13/h3-7,10-11H,2,8-9,12H2,1H3. The van der Waals surface area contributed by atoms with E-state index >= 15 is 0 Å². The van der Waals surface area contributed by atoms with Crippen molar-refractivity contribution in [3.63, 3.8) is 0 Å². The van der Waals surface area contributed by atoms with Gasteiger partial charge in [0.05, 0.1) is 12.2 Å². The molecule has 1 fully saturated rings. The molecule has 7 heteroatoms. The highest BCUT2D eigenvalue weighted by Gasteiger charge is 2.59. The van der Waals surface area contributed by atoms with E-state index in [4.69, 9.17) is 0 Å². The van der Waals surface area contributed by atoms with Gasteiger partial charge >= 0.3 is 0 Å². The first kappa shape index (κ1) is 18.0. The predicted molar refractivity (Wildman–Crippen MR) is 100 cm³/mol. The Morgan fingerprint density at radius 3 is 2.70 bits per heavy atom. The zero-order valence-electron chi connectivity index (χ0n) is 14.7. The van der Waals surface area contributed by atoms with Gasteiger partial charge in [-0.3, -0.25) is 9.59 Å². The van der Waals surface area contributed by atoms with E-state index < -0.39 is 10.7 Å². The Kier molecular flexibility index (Phi) is 4.42. The summed E-state index contributed by atoms with van der Waals surface area (Å²) >= 11 is 1.35. The zero-order chi connectivity index (χ0) is 19.2. The summed E-state index contributed by atoms with van der Waals surface area (Å²) in [5, 5.41) is 0. The van der Waals surface area contributed by atoms with Crippen molar-refractivity contribution in [2.75, 3.05) is 17.2 Å². The molecule has 0 N–H and O–H groups in total. The van der Waals surface area contributed by atoms with Gasteiger partial charge in [0, 0.05) is 24.3 Å². The Bertz CT molecular complexity index is 936. The van der Waals surface area contributed by atoms with E-state index in [1.165, 1.54) is 40.9 Å². The number of hydrogen-bond acceptors (Lipinski definition) is 3. The number of hydrogen-bond donors (Lipinski definition) is 0. The molecule has 1 spiro atoms.